The van der Waals surface area contributed by atoms with Gasteiger partial charge in [-0.2, -0.15) is 0 Å². The fraction of sp³-hybridized carbons (Fsp3) is 0.214. The first-order chi connectivity index (χ1) is 17.5. The highest BCUT2D eigenvalue weighted by molar-refractivity contribution is 6.20. The van der Waals surface area contributed by atoms with Gasteiger partial charge in [0.15, 0.2) is 0 Å². The minimum Gasteiger partial charge on any atom is -0.449 e. The Morgan fingerprint density at radius 3 is 1.92 bits per heavy atom. The average Bonchev–Trinajstić information content (AvgIpc) is 3.57. The number of ether oxygens (including phenoxy) is 1. The van der Waals surface area contributed by atoms with Crippen LogP contribution in [0.3, 0.4) is 0 Å². The second-order valence-electron chi connectivity index (χ2n) is 9.17. The lowest BCUT2D eigenvalue weighted by Gasteiger charge is -2.15. The third kappa shape index (κ3) is 3.71. The monoisotopic (exact) mass is 482 g/mol. The van der Waals surface area contributed by atoms with Crippen LogP contribution in [-0.4, -0.2) is 42.1 Å². The van der Waals surface area contributed by atoms with Crippen molar-refractivity contribution in [1.29, 1.82) is 0 Å². The molecule has 1 fully saturated rings. The van der Waals surface area contributed by atoms with E-state index in [4.69, 9.17) is 9.57 Å². The normalized spacial score (nSPS) is 19.4. The molecule has 3 amide bonds. The summed E-state index contributed by atoms with van der Waals surface area (Å²) in [7, 11) is 0. The zero-order valence-electron chi connectivity index (χ0n) is 19.2. The van der Waals surface area contributed by atoms with E-state index in [-0.39, 0.29) is 36.1 Å². The second-order valence-corrected chi connectivity index (χ2v) is 9.17. The molecule has 8 heteroatoms. The Morgan fingerprint density at radius 1 is 0.806 bits per heavy atom. The van der Waals surface area contributed by atoms with Crippen LogP contribution in [0.4, 0.5) is 4.79 Å². The molecule has 2 atom stereocenters. The maximum atomic E-state index is 12.5. The maximum absolute atomic E-state index is 12.5. The summed E-state index contributed by atoms with van der Waals surface area (Å²) < 4.78 is 5.52. The number of hydrogen-bond acceptors (Lipinski definition) is 6. The number of imide groups is 1. The van der Waals surface area contributed by atoms with Crippen LogP contribution in [0.5, 0.6) is 0 Å². The summed E-state index contributed by atoms with van der Waals surface area (Å²) in [5.41, 5.74) is 4.98. The smallest absolute Gasteiger partial charge is 0.407 e. The molecule has 3 aliphatic rings. The number of carbonyl (C=O) groups excluding carboxylic acids is 4. The molecule has 1 heterocycles. The van der Waals surface area contributed by atoms with E-state index in [0.717, 1.165) is 22.3 Å². The molecule has 0 unspecified atom stereocenters. The molecule has 1 aliphatic heterocycles. The van der Waals surface area contributed by atoms with Crippen LogP contribution in [0.2, 0.25) is 0 Å². The van der Waals surface area contributed by atoms with Gasteiger partial charge in [-0.1, -0.05) is 65.7 Å². The Kier molecular flexibility index (Phi) is 5.29. The highest BCUT2D eigenvalue weighted by Gasteiger charge is 2.47. The molecule has 180 valence electrons. The Labute approximate surface area is 206 Å². The first kappa shape index (κ1) is 22.0. The molecule has 1 saturated carbocycles. The summed E-state index contributed by atoms with van der Waals surface area (Å²) in [6, 6.07) is 22.5. The summed E-state index contributed by atoms with van der Waals surface area (Å²) in [4.78, 5) is 54.7. The fourth-order valence-electron chi connectivity index (χ4n) is 5.03. The van der Waals surface area contributed by atoms with E-state index in [0.29, 0.717) is 11.5 Å². The zero-order valence-corrected chi connectivity index (χ0v) is 19.2. The van der Waals surface area contributed by atoms with E-state index in [1.807, 2.05) is 24.3 Å². The van der Waals surface area contributed by atoms with E-state index < -0.39 is 29.8 Å². The molecule has 0 aromatic heterocycles. The van der Waals surface area contributed by atoms with Gasteiger partial charge in [0.1, 0.15) is 6.61 Å². The Morgan fingerprint density at radius 2 is 1.33 bits per heavy atom. The molecule has 3 aromatic rings. The number of hydrogen-bond donors (Lipinski definition) is 1. The van der Waals surface area contributed by atoms with Crippen LogP contribution in [0.1, 0.15) is 44.2 Å². The molecule has 8 nitrogen and oxygen atoms in total. The minimum atomic E-state index is -0.663. The molecule has 36 heavy (non-hydrogen) atoms. The number of nitrogens with one attached hydrogen (secondary N) is 1. The number of amides is 3. The highest BCUT2D eigenvalue weighted by Crippen LogP contribution is 2.44. The first-order valence-electron chi connectivity index (χ1n) is 11.8. The molecular weight excluding hydrogens is 460 g/mol. The number of carbonyl (C=O) groups is 4. The van der Waals surface area contributed by atoms with Crippen molar-refractivity contribution in [2.45, 2.75) is 12.3 Å². The molecule has 0 radical (unpaired) electrons. The van der Waals surface area contributed by atoms with Gasteiger partial charge in [-0.3, -0.25) is 9.59 Å². The Bertz CT molecular complexity index is 1340. The van der Waals surface area contributed by atoms with Gasteiger partial charge in [-0.15, -0.1) is 0 Å². The third-order valence-corrected chi connectivity index (χ3v) is 7.02. The molecule has 0 bridgehead atoms. The Hall–Kier alpha value is -4.46. The quantitative estimate of drug-likeness (QED) is 0.535. The lowest BCUT2D eigenvalue weighted by molar-refractivity contribution is -0.170. The fourth-order valence-corrected chi connectivity index (χ4v) is 5.03. The number of nitrogens with zero attached hydrogens (tertiary/aromatic N) is 1. The van der Waals surface area contributed by atoms with Crippen LogP contribution in [0, 0.1) is 11.8 Å². The molecular formula is C28H22N2O6. The van der Waals surface area contributed by atoms with Gasteiger partial charge in [0, 0.05) is 12.5 Å². The van der Waals surface area contributed by atoms with E-state index >= 15 is 0 Å². The van der Waals surface area contributed by atoms with Gasteiger partial charge in [0.05, 0.1) is 17.0 Å². The lowest BCUT2D eigenvalue weighted by atomic mass is 9.98. The van der Waals surface area contributed by atoms with Crippen molar-refractivity contribution in [3.8, 4) is 11.1 Å². The van der Waals surface area contributed by atoms with Gasteiger partial charge >= 0.3 is 12.1 Å². The van der Waals surface area contributed by atoms with Crippen LogP contribution >= 0.6 is 0 Å². The van der Waals surface area contributed by atoms with Crippen molar-refractivity contribution in [1.82, 2.24) is 10.4 Å². The molecule has 1 N–H and O–H groups in total. The molecule has 0 saturated heterocycles. The van der Waals surface area contributed by atoms with Crippen molar-refractivity contribution in [2.75, 3.05) is 13.2 Å². The standard InChI is InChI=1S/C28H22N2O6/c31-25-21-11-5-6-12-22(21)26(32)30(25)36-27(33)23-13-16(23)14-29-28(34)35-15-24-19-9-3-1-7-17(19)18-8-2-4-10-20(18)24/h1-12,16,23-24H,13-15H2,(H,29,34)/t16-,23-/m0/s1. The molecule has 3 aromatic carbocycles. The zero-order chi connectivity index (χ0) is 24.8. The van der Waals surface area contributed by atoms with Crippen LogP contribution in [0.25, 0.3) is 11.1 Å². The molecule has 6 rings (SSSR count). The topological polar surface area (TPSA) is 102 Å². The van der Waals surface area contributed by atoms with Crippen molar-refractivity contribution in [2.24, 2.45) is 11.8 Å². The van der Waals surface area contributed by atoms with Crippen LogP contribution in [0.15, 0.2) is 72.8 Å². The van der Waals surface area contributed by atoms with Crippen molar-refractivity contribution < 1.29 is 28.8 Å². The van der Waals surface area contributed by atoms with E-state index in [9.17, 15) is 19.2 Å². The minimum absolute atomic E-state index is 0.0357. The first-order valence-corrected chi connectivity index (χ1v) is 11.8. The van der Waals surface area contributed by atoms with Crippen molar-refractivity contribution in [3.63, 3.8) is 0 Å². The number of alkyl carbamates (subject to hydrolysis) is 1. The van der Waals surface area contributed by atoms with Gasteiger partial charge in [0.2, 0.25) is 0 Å². The van der Waals surface area contributed by atoms with E-state index in [1.54, 1.807) is 12.1 Å². The predicted octanol–water partition coefficient (Wildman–Crippen LogP) is 3.92. The number of hydroxylamine groups is 2. The van der Waals surface area contributed by atoms with Crippen molar-refractivity contribution >= 4 is 23.9 Å². The van der Waals surface area contributed by atoms with Gasteiger partial charge < -0.3 is 14.9 Å². The summed E-state index contributed by atoms with van der Waals surface area (Å²) in [6.07, 6.45) is -0.0673. The predicted molar refractivity (Wildman–Crippen MR) is 128 cm³/mol. The van der Waals surface area contributed by atoms with Gasteiger partial charge in [0.25, 0.3) is 11.8 Å². The van der Waals surface area contributed by atoms with Crippen molar-refractivity contribution in [3.05, 3.63) is 95.1 Å². The van der Waals surface area contributed by atoms with Crippen LogP contribution in [-0.2, 0) is 14.4 Å². The second kappa shape index (κ2) is 8.64. The van der Waals surface area contributed by atoms with Crippen LogP contribution < -0.4 is 5.32 Å². The van der Waals surface area contributed by atoms with E-state index in [2.05, 4.69) is 29.6 Å². The maximum Gasteiger partial charge on any atom is 0.407 e. The number of benzene rings is 3. The third-order valence-electron chi connectivity index (χ3n) is 7.02. The summed E-state index contributed by atoms with van der Waals surface area (Å²) in [6.45, 7) is 0.439. The molecule has 2 aliphatic carbocycles. The highest BCUT2D eigenvalue weighted by atomic mass is 16.7. The average molecular weight is 482 g/mol. The summed E-state index contributed by atoms with van der Waals surface area (Å²) in [5.74, 6) is -2.65. The Balaban J connectivity index is 0.994. The molecule has 0 spiro atoms. The number of fused-ring (bicyclic) bond motifs is 4. The van der Waals surface area contributed by atoms with Gasteiger partial charge in [-0.25, -0.2) is 9.59 Å². The SMILES string of the molecule is O=C(NC[C@@H]1C[C@@H]1C(=O)ON1C(=O)c2ccccc2C1=O)OCC1c2ccccc2-c2ccccc21. The largest absolute Gasteiger partial charge is 0.449 e. The summed E-state index contributed by atoms with van der Waals surface area (Å²) in [5, 5.41) is 3.23. The lowest BCUT2D eigenvalue weighted by Crippen LogP contribution is -2.34. The summed E-state index contributed by atoms with van der Waals surface area (Å²) >= 11 is 0. The van der Waals surface area contributed by atoms with Gasteiger partial charge in [-0.05, 0) is 46.7 Å². The number of rotatable bonds is 6. The van der Waals surface area contributed by atoms with E-state index in [1.165, 1.54) is 12.1 Å².